The zero-order valence-corrected chi connectivity index (χ0v) is 21.7. The second-order valence-corrected chi connectivity index (χ2v) is 11.2. The Morgan fingerprint density at radius 1 is 0.568 bits per heavy atom. The largest absolute Gasteiger partial charge is 0.341 e. The van der Waals surface area contributed by atoms with Gasteiger partial charge in [-0.2, -0.15) is 0 Å². The van der Waals surface area contributed by atoms with E-state index in [1.807, 2.05) is 36.4 Å². The van der Waals surface area contributed by atoms with Gasteiger partial charge >= 0.3 is 0 Å². The zero-order chi connectivity index (χ0) is 25.6. The average molecular weight is 547 g/mol. The van der Waals surface area contributed by atoms with Crippen LogP contribution in [-0.4, -0.2) is 21.4 Å². The van der Waals surface area contributed by atoms with Gasteiger partial charge in [0.05, 0.1) is 0 Å². The van der Waals surface area contributed by atoms with Gasteiger partial charge < -0.3 is 9.47 Å². The van der Waals surface area contributed by atoms with E-state index >= 15 is 0 Å². The lowest BCUT2D eigenvalue weighted by molar-refractivity contribution is 0.0923. The van der Waals surface area contributed by atoms with Crippen molar-refractivity contribution in [3.63, 3.8) is 0 Å². The van der Waals surface area contributed by atoms with Crippen LogP contribution in [0.25, 0.3) is 0 Å². The number of benzene rings is 4. The molecule has 0 amide bonds. The molecule has 0 bridgehead atoms. The highest BCUT2D eigenvalue weighted by Gasteiger charge is 2.75. The fraction of sp³-hybridized carbons (Fsp3) is 0.133. The first kappa shape index (κ1) is 24.4. The van der Waals surface area contributed by atoms with E-state index in [-0.39, 0.29) is 11.6 Å². The number of ether oxygens (including phenoxy) is 2. The molecule has 4 atom stereocenters. The van der Waals surface area contributed by atoms with E-state index in [0.717, 1.165) is 22.9 Å². The van der Waals surface area contributed by atoms with Crippen LogP contribution < -0.4 is 0 Å². The maximum atomic E-state index is 14.0. The Balaban J connectivity index is 1.42. The Labute approximate surface area is 228 Å². The summed E-state index contributed by atoms with van der Waals surface area (Å²) in [7, 11) is 0. The molecule has 7 heteroatoms. The van der Waals surface area contributed by atoms with Crippen LogP contribution in [0.5, 0.6) is 0 Å². The lowest BCUT2D eigenvalue weighted by atomic mass is 10.0. The van der Waals surface area contributed by atoms with Crippen molar-refractivity contribution in [1.29, 1.82) is 0 Å². The molecule has 0 N–H and O–H groups in total. The van der Waals surface area contributed by atoms with E-state index < -0.39 is 22.1 Å². The van der Waals surface area contributed by atoms with Crippen LogP contribution in [0.4, 0.5) is 0 Å². The summed E-state index contributed by atoms with van der Waals surface area (Å²) < 4.78 is 12.5. The van der Waals surface area contributed by atoms with Gasteiger partial charge in [-0.05, 0) is 35.4 Å². The fourth-order valence-corrected chi connectivity index (χ4v) is 6.43. The van der Waals surface area contributed by atoms with Crippen molar-refractivity contribution in [3.8, 4) is 0 Å². The molecule has 0 aliphatic carbocycles. The van der Waals surface area contributed by atoms with Gasteiger partial charge in [0.15, 0.2) is 0 Å². The third-order valence-electron chi connectivity index (χ3n) is 6.52. The predicted molar refractivity (Wildman–Crippen MR) is 145 cm³/mol. The van der Waals surface area contributed by atoms with Gasteiger partial charge in [-0.1, -0.05) is 120 Å². The van der Waals surface area contributed by atoms with Crippen LogP contribution >= 0.6 is 35.0 Å². The second kappa shape index (κ2) is 9.43. The number of Topliss-reactive ketones (excluding diaryl/α,β-unsaturated/α-hetero) is 2. The first-order chi connectivity index (χ1) is 17.9. The number of halogens is 2. The monoisotopic (exact) mass is 546 g/mol. The first-order valence-electron chi connectivity index (χ1n) is 11.7. The molecule has 37 heavy (non-hydrogen) atoms. The summed E-state index contributed by atoms with van der Waals surface area (Å²) >= 11 is 13.3. The maximum absolute atomic E-state index is 14.0. The molecule has 2 saturated heterocycles. The summed E-state index contributed by atoms with van der Waals surface area (Å²) in [6.07, 6.45) is -1.14. The highest BCUT2D eigenvalue weighted by molar-refractivity contribution is 8.03. The molecule has 2 heterocycles. The van der Waals surface area contributed by atoms with Crippen LogP contribution in [0.2, 0.25) is 10.0 Å². The third-order valence-corrected chi connectivity index (χ3v) is 8.62. The number of hydrogen-bond acceptors (Lipinski definition) is 5. The molecule has 0 radical (unpaired) electrons. The van der Waals surface area contributed by atoms with Crippen molar-refractivity contribution in [2.75, 3.05) is 0 Å². The van der Waals surface area contributed by atoms with E-state index in [0.29, 0.717) is 21.2 Å². The van der Waals surface area contributed by atoms with Crippen molar-refractivity contribution < 1.29 is 19.1 Å². The van der Waals surface area contributed by atoms with E-state index in [1.165, 1.54) is 0 Å². The molecule has 0 aromatic heterocycles. The quantitative estimate of drug-likeness (QED) is 0.167. The third kappa shape index (κ3) is 4.41. The maximum Gasteiger partial charge on any atom is 0.211 e. The van der Waals surface area contributed by atoms with E-state index in [1.54, 1.807) is 72.8 Å². The highest BCUT2D eigenvalue weighted by atomic mass is 35.5. The fourth-order valence-electron chi connectivity index (χ4n) is 4.53. The normalized spacial score (nSPS) is 25.9. The Hall–Kier alpha value is -2.93. The summed E-state index contributed by atoms with van der Waals surface area (Å²) in [4.78, 5) is 25.3. The highest BCUT2D eigenvalue weighted by Crippen LogP contribution is 2.70. The smallest absolute Gasteiger partial charge is 0.211 e. The van der Waals surface area contributed by atoms with Crippen LogP contribution in [0.1, 0.15) is 44.1 Å². The Kier molecular flexibility index (Phi) is 6.22. The van der Waals surface area contributed by atoms with E-state index in [9.17, 15) is 9.59 Å². The molecule has 2 aliphatic rings. The van der Waals surface area contributed by atoms with Crippen molar-refractivity contribution >= 4 is 46.5 Å². The molecule has 2 aliphatic heterocycles. The lowest BCUT2D eigenvalue weighted by Gasteiger charge is -2.18. The van der Waals surface area contributed by atoms with Gasteiger partial charge in [0.2, 0.25) is 21.4 Å². The molecule has 0 spiro atoms. The van der Waals surface area contributed by atoms with Crippen molar-refractivity contribution in [1.82, 2.24) is 0 Å². The lowest BCUT2D eigenvalue weighted by Crippen LogP contribution is -2.32. The topological polar surface area (TPSA) is 59.2 Å². The molecule has 2 fully saturated rings. The predicted octanol–water partition coefficient (Wildman–Crippen LogP) is 7.73. The summed E-state index contributed by atoms with van der Waals surface area (Å²) in [6, 6.07) is 32.3. The van der Waals surface area contributed by atoms with Gasteiger partial charge in [-0.25, -0.2) is 0 Å². The van der Waals surface area contributed by atoms with Crippen molar-refractivity contribution in [2.24, 2.45) is 0 Å². The Morgan fingerprint density at radius 3 is 1.27 bits per heavy atom. The molecule has 4 aromatic rings. The van der Waals surface area contributed by atoms with Crippen LogP contribution in [-0.2, 0) is 9.47 Å². The molecule has 6 rings (SSSR count). The minimum absolute atomic E-state index is 0.219. The molecule has 184 valence electrons. The first-order valence-corrected chi connectivity index (χ1v) is 13.3. The second-order valence-electron chi connectivity index (χ2n) is 8.93. The van der Waals surface area contributed by atoms with Gasteiger partial charge in [-0.15, -0.1) is 0 Å². The molecule has 4 nitrogen and oxygen atoms in total. The Bertz CT molecular complexity index is 1350. The summed E-state index contributed by atoms with van der Waals surface area (Å²) in [5, 5.41) is 1.17. The van der Waals surface area contributed by atoms with Crippen molar-refractivity contribution in [2.45, 2.75) is 22.1 Å². The average Bonchev–Trinajstić information content (AvgIpc) is 3.85. The van der Waals surface area contributed by atoms with E-state index in [4.69, 9.17) is 32.7 Å². The van der Waals surface area contributed by atoms with E-state index in [2.05, 4.69) is 0 Å². The summed E-state index contributed by atoms with van der Waals surface area (Å²) in [5.74, 6) is -0.438. The number of carbonyl (C=O) groups is 2. The number of rotatable bonds is 8. The minimum atomic E-state index is -1.35. The van der Waals surface area contributed by atoms with Crippen LogP contribution in [0.15, 0.2) is 109 Å². The number of epoxide rings is 2. The zero-order valence-electron chi connectivity index (χ0n) is 19.3. The summed E-state index contributed by atoms with van der Waals surface area (Å²) in [5.41, 5.74) is 2.59. The molecule has 4 aromatic carbocycles. The van der Waals surface area contributed by atoms with Gasteiger partial charge in [0.1, 0.15) is 12.2 Å². The van der Waals surface area contributed by atoms with Crippen LogP contribution in [0, 0.1) is 0 Å². The molecular formula is C30H20Cl2O4S. The Morgan fingerprint density at radius 2 is 0.919 bits per heavy atom. The summed E-state index contributed by atoms with van der Waals surface area (Å²) in [6.45, 7) is 0. The molecular weight excluding hydrogens is 527 g/mol. The van der Waals surface area contributed by atoms with Crippen LogP contribution in [0.3, 0.4) is 0 Å². The number of ketones is 2. The van der Waals surface area contributed by atoms with Gasteiger partial charge in [0.25, 0.3) is 0 Å². The SMILES string of the molecule is O=C(c1ccccc1)C1(SC2(C(=O)c3ccccc3)OC2c2ccc(Cl)cc2)OC1c1ccc(Cl)cc1. The van der Waals surface area contributed by atoms with Gasteiger partial charge in [-0.3, -0.25) is 9.59 Å². The van der Waals surface area contributed by atoms with Gasteiger partial charge in [0, 0.05) is 21.2 Å². The number of thioether (sulfide) groups is 1. The molecule has 4 unspecified atom stereocenters. The number of carbonyl (C=O) groups excluding carboxylic acids is 2. The standard InChI is InChI=1S/C30H20Cl2O4S/c31-23-15-11-21(12-16-23)27-29(35-27,25(33)19-7-3-1-4-8-19)37-30(26(34)20-9-5-2-6-10-20)28(36-30)22-13-17-24(32)18-14-22/h1-18,27-28H. The molecule has 0 saturated carbocycles. The number of hydrogen-bond donors (Lipinski definition) is 0. The minimum Gasteiger partial charge on any atom is -0.341 e. The van der Waals surface area contributed by atoms with Crippen molar-refractivity contribution in [3.05, 3.63) is 141 Å².